The third-order valence-electron chi connectivity index (χ3n) is 2.44. The van der Waals surface area contributed by atoms with Gasteiger partial charge in [0.25, 0.3) is 0 Å². The summed E-state index contributed by atoms with van der Waals surface area (Å²) >= 11 is 0. The molecule has 0 aromatic heterocycles. The molecule has 0 bridgehead atoms. The van der Waals surface area contributed by atoms with E-state index in [2.05, 4.69) is 23.2 Å². The fourth-order valence-electron chi connectivity index (χ4n) is 1.62. The van der Waals surface area contributed by atoms with Crippen molar-refractivity contribution in [1.29, 1.82) is 0 Å². The SMILES string of the molecule is C[C@H](O)CC=Nc1cccc2ccccc12. The van der Waals surface area contributed by atoms with Gasteiger partial charge in [0.05, 0.1) is 11.8 Å². The number of aliphatic hydroxyl groups is 1. The lowest BCUT2D eigenvalue weighted by molar-refractivity contribution is 0.204. The van der Waals surface area contributed by atoms with Crippen LogP contribution in [0.1, 0.15) is 13.3 Å². The van der Waals surface area contributed by atoms with Crippen molar-refractivity contribution in [3.05, 3.63) is 42.5 Å². The smallest absolute Gasteiger partial charge is 0.0704 e. The van der Waals surface area contributed by atoms with Crippen molar-refractivity contribution >= 4 is 22.7 Å². The number of hydrogen-bond donors (Lipinski definition) is 1. The molecular weight excluding hydrogens is 198 g/mol. The fraction of sp³-hybridized carbons (Fsp3) is 0.214. The van der Waals surface area contributed by atoms with Gasteiger partial charge in [-0.1, -0.05) is 36.4 Å². The normalized spacial score (nSPS) is 13.4. The van der Waals surface area contributed by atoms with E-state index in [4.69, 9.17) is 5.11 Å². The summed E-state index contributed by atoms with van der Waals surface area (Å²) in [5.74, 6) is 0. The molecule has 0 aliphatic carbocycles. The van der Waals surface area contributed by atoms with Gasteiger partial charge < -0.3 is 5.11 Å². The Hall–Kier alpha value is -1.67. The van der Waals surface area contributed by atoms with Gasteiger partial charge >= 0.3 is 0 Å². The van der Waals surface area contributed by atoms with Crippen LogP contribution < -0.4 is 0 Å². The first-order valence-electron chi connectivity index (χ1n) is 5.46. The van der Waals surface area contributed by atoms with Crippen molar-refractivity contribution in [1.82, 2.24) is 0 Å². The van der Waals surface area contributed by atoms with Crippen LogP contribution >= 0.6 is 0 Å². The van der Waals surface area contributed by atoms with Crippen molar-refractivity contribution in [2.24, 2.45) is 4.99 Å². The maximum atomic E-state index is 9.15. The topological polar surface area (TPSA) is 32.6 Å². The van der Waals surface area contributed by atoms with Gasteiger partial charge in [0.1, 0.15) is 0 Å². The Labute approximate surface area is 95.3 Å². The number of aliphatic imine (C=N–C) groups is 1. The molecule has 0 aliphatic heterocycles. The number of fused-ring (bicyclic) bond motifs is 1. The molecule has 0 saturated heterocycles. The standard InChI is InChI=1S/C14H15NO/c1-11(16)9-10-15-14-8-4-6-12-5-2-3-7-13(12)14/h2-8,10-11,16H,9H2,1H3/t11-/m0/s1. The third kappa shape index (κ3) is 2.47. The summed E-state index contributed by atoms with van der Waals surface area (Å²) in [7, 11) is 0. The Balaban J connectivity index is 2.34. The molecule has 0 heterocycles. The highest BCUT2D eigenvalue weighted by atomic mass is 16.3. The molecule has 1 N–H and O–H groups in total. The summed E-state index contributed by atoms with van der Waals surface area (Å²) in [5, 5.41) is 11.5. The van der Waals surface area contributed by atoms with Crippen LogP contribution in [0, 0.1) is 0 Å². The van der Waals surface area contributed by atoms with Crippen LogP contribution in [0.25, 0.3) is 10.8 Å². The first kappa shape index (κ1) is 10.8. The summed E-state index contributed by atoms with van der Waals surface area (Å²) in [6.07, 6.45) is 2.02. The predicted octanol–water partition coefficient (Wildman–Crippen LogP) is 3.31. The zero-order chi connectivity index (χ0) is 11.4. The van der Waals surface area contributed by atoms with Crippen molar-refractivity contribution in [2.75, 3.05) is 0 Å². The van der Waals surface area contributed by atoms with Gasteiger partial charge in [-0.05, 0) is 18.4 Å². The molecule has 2 nitrogen and oxygen atoms in total. The highest BCUT2D eigenvalue weighted by Gasteiger charge is 1.97. The Morgan fingerprint density at radius 1 is 1.19 bits per heavy atom. The van der Waals surface area contributed by atoms with Gasteiger partial charge in [-0.25, -0.2) is 0 Å². The molecule has 0 fully saturated rings. The fourth-order valence-corrected chi connectivity index (χ4v) is 1.62. The van der Waals surface area contributed by atoms with Crippen molar-refractivity contribution < 1.29 is 5.11 Å². The zero-order valence-corrected chi connectivity index (χ0v) is 9.30. The van der Waals surface area contributed by atoms with E-state index in [9.17, 15) is 0 Å². The first-order valence-corrected chi connectivity index (χ1v) is 5.46. The maximum absolute atomic E-state index is 9.15. The summed E-state index contributed by atoms with van der Waals surface area (Å²) in [6.45, 7) is 1.76. The highest BCUT2D eigenvalue weighted by molar-refractivity contribution is 5.93. The van der Waals surface area contributed by atoms with E-state index in [0.717, 1.165) is 11.1 Å². The molecule has 2 aromatic rings. The van der Waals surface area contributed by atoms with Gasteiger partial charge in [-0.2, -0.15) is 0 Å². The van der Waals surface area contributed by atoms with Crippen LogP contribution in [0.4, 0.5) is 5.69 Å². The lowest BCUT2D eigenvalue weighted by atomic mass is 10.1. The van der Waals surface area contributed by atoms with Gasteiger partial charge in [-0.15, -0.1) is 0 Å². The minimum absolute atomic E-state index is 0.335. The predicted molar refractivity (Wildman–Crippen MR) is 68.4 cm³/mol. The lowest BCUT2D eigenvalue weighted by Crippen LogP contribution is -1.98. The van der Waals surface area contributed by atoms with E-state index in [0.29, 0.717) is 6.42 Å². The van der Waals surface area contributed by atoms with Crippen molar-refractivity contribution in [3.8, 4) is 0 Å². The van der Waals surface area contributed by atoms with E-state index in [1.807, 2.05) is 24.3 Å². The Kier molecular flexibility index (Phi) is 3.32. The number of hydrogen-bond acceptors (Lipinski definition) is 2. The second-order valence-corrected chi connectivity index (χ2v) is 3.89. The third-order valence-corrected chi connectivity index (χ3v) is 2.44. The molecular formula is C14H15NO. The molecule has 16 heavy (non-hydrogen) atoms. The summed E-state index contributed by atoms with van der Waals surface area (Å²) in [6, 6.07) is 14.2. The van der Waals surface area contributed by atoms with Crippen LogP contribution in [-0.4, -0.2) is 17.4 Å². The molecule has 0 spiro atoms. The monoisotopic (exact) mass is 213 g/mol. The Morgan fingerprint density at radius 3 is 2.75 bits per heavy atom. The summed E-state index contributed by atoms with van der Waals surface area (Å²) in [5.41, 5.74) is 0.957. The van der Waals surface area contributed by atoms with Crippen LogP contribution in [0.3, 0.4) is 0 Å². The van der Waals surface area contributed by atoms with Crippen LogP contribution in [0.5, 0.6) is 0 Å². The zero-order valence-electron chi connectivity index (χ0n) is 9.30. The van der Waals surface area contributed by atoms with Gasteiger partial charge in [-0.3, -0.25) is 4.99 Å². The minimum Gasteiger partial charge on any atom is -0.393 e. The Bertz CT molecular complexity index is 498. The number of benzene rings is 2. The molecule has 2 heteroatoms. The van der Waals surface area contributed by atoms with Crippen molar-refractivity contribution in [2.45, 2.75) is 19.4 Å². The maximum Gasteiger partial charge on any atom is 0.0704 e. The van der Waals surface area contributed by atoms with E-state index in [1.165, 1.54) is 5.39 Å². The molecule has 1 atom stereocenters. The molecule has 0 unspecified atom stereocenters. The first-order chi connectivity index (χ1) is 7.77. The molecule has 0 saturated carbocycles. The average Bonchev–Trinajstić information content (AvgIpc) is 2.29. The van der Waals surface area contributed by atoms with E-state index in [1.54, 1.807) is 13.1 Å². The van der Waals surface area contributed by atoms with E-state index < -0.39 is 0 Å². The van der Waals surface area contributed by atoms with Gasteiger partial charge in [0, 0.05) is 18.0 Å². The van der Waals surface area contributed by atoms with Crippen LogP contribution in [-0.2, 0) is 0 Å². The van der Waals surface area contributed by atoms with Crippen molar-refractivity contribution in [3.63, 3.8) is 0 Å². The molecule has 0 aliphatic rings. The van der Waals surface area contributed by atoms with Gasteiger partial charge in [0.15, 0.2) is 0 Å². The number of aliphatic hydroxyl groups excluding tert-OH is 1. The quantitative estimate of drug-likeness (QED) is 0.779. The number of nitrogens with zero attached hydrogens (tertiary/aromatic N) is 1. The van der Waals surface area contributed by atoms with Gasteiger partial charge in [0.2, 0.25) is 0 Å². The average molecular weight is 213 g/mol. The molecule has 82 valence electrons. The second-order valence-electron chi connectivity index (χ2n) is 3.89. The molecule has 0 radical (unpaired) electrons. The largest absolute Gasteiger partial charge is 0.393 e. The van der Waals surface area contributed by atoms with E-state index in [-0.39, 0.29) is 6.10 Å². The number of rotatable bonds is 3. The Morgan fingerprint density at radius 2 is 1.94 bits per heavy atom. The molecule has 0 amide bonds. The van der Waals surface area contributed by atoms with E-state index >= 15 is 0 Å². The lowest BCUT2D eigenvalue weighted by Gasteiger charge is -2.01. The molecule has 2 aromatic carbocycles. The van der Waals surface area contributed by atoms with Crippen LogP contribution in [0.15, 0.2) is 47.5 Å². The summed E-state index contributed by atoms with van der Waals surface area (Å²) in [4.78, 5) is 4.39. The molecule has 2 rings (SSSR count). The summed E-state index contributed by atoms with van der Waals surface area (Å²) < 4.78 is 0. The second kappa shape index (κ2) is 4.90. The van der Waals surface area contributed by atoms with Crippen LogP contribution in [0.2, 0.25) is 0 Å². The highest BCUT2D eigenvalue weighted by Crippen LogP contribution is 2.25. The minimum atomic E-state index is -0.335.